The highest BCUT2D eigenvalue weighted by Crippen LogP contribution is 2.24. The number of esters is 1. The largest absolute Gasteiger partial charge is 0.465 e. The zero-order chi connectivity index (χ0) is 19.4. The fourth-order valence-electron chi connectivity index (χ4n) is 2.89. The second-order valence-electron chi connectivity index (χ2n) is 6.55. The van der Waals surface area contributed by atoms with Gasteiger partial charge in [-0.3, -0.25) is 4.79 Å². The number of anilines is 2. The number of rotatable bonds is 4. The van der Waals surface area contributed by atoms with E-state index in [9.17, 15) is 9.59 Å². The van der Waals surface area contributed by atoms with Crippen molar-refractivity contribution in [2.24, 2.45) is 5.92 Å². The standard InChI is InChI=1S/C19H21ClN4O3/c1-12-6-9-24(10-7-12)19-21-8-5-15(23-19)17(25)22-16-11-13(18(26)27-2)3-4-14(16)20/h3-5,8,11-12H,6-7,9-10H2,1-2H3,(H,22,25). The van der Waals surface area contributed by atoms with Gasteiger partial charge >= 0.3 is 5.97 Å². The van der Waals surface area contributed by atoms with Gasteiger partial charge in [-0.25, -0.2) is 14.8 Å². The Hall–Kier alpha value is -2.67. The second-order valence-corrected chi connectivity index (χ2v) is 6.96. The van der Waals surface area contributed by atoms with Crippen molar-refractivity contribution in [1.29, 1.82) is 0 Å². The van der Waals surface area contributed by atoms with E-state index in [0.717, 1.165) is 25.9 Å². The fourth-order valence-corrected chi connectivity index (χ4v) is 3.05. The first-order chi connectivity index (χ1) is 13.0. The Labute approximate surface area is 162 Å². The number of nitrogens with zero attached hydrogens (tertiary/aromatic N) is 3. The summed E-state index contributed by atoms with van der Waals surface area (Å²) in [7, 11) is 1.29. The van der Waals surface area contributed by atoms with E-state index in [1.165, 1.54) is 25.3 Å². The molecule has 1 aliphatic heterocycles. The number of amides is 1. The van der Waals surface area contributed by atoms with Gasteiger partial charge in [-0.15, -0.1) is 0 Å². The number of methoxy groups -OCH3 is 1. The molecule has 8 heteroatoms. The van der Waals surface area contributed by atoms with Crippen molar-refractivity contribution in [1.82, 2.24) is 9.97 Å². The van der Waals surface area contributed by atoms with Crippen molar-refractivity contribution >= 4 is 35.1 Å². The van der Waals surface area contributed by atoms with Crippen molar-refractivity contribution in [3.8, 4) is 0 Å². The molecule has 1 aromatic carbocycles. The molecule has 1 aromatic heterocycles. The number of nitrogens with one attached hydrogen (secondary N) is 1. The molecule has 3 rings (SSSR count). The smallest absolute Gasteiger partial charge is 0.337 e. The van der Waals surface area contributed by atoms with E-state index in [-0.39, 0.29) is 5.69 Å². The summed E-state index contributed by atoms with van der Waals surface area (Å²) in [5, 5.41) is 3.01. The Morgan fingerprint density at radius 3 is 2.70 bits per heavy atom. The normalized spacial score (nSPS) is 14.7. The number of carbonyl (C=O) groups is 2. The highest BCUT2D eigenvalue weighted by Gasteiger charge is 2.20. The molecule has 1 amide bonds. The number of aromatic nitrogens is 2. The van der Waals surface area contributed by atoms with Crippen LogP contribution in [0, 0.1) is 5.92 Å². The zero-order valence-corrected chi connectivity index (χ0v) is 16.0. The van der Waals surface area contributed by atoms with Gasteiger partial charge in [0.05, 0.1) is 23.4 Å². The molecule has 1 fully saturated rings. The highest BCUT2D eigenvalue weighted by molar-refractivity contribution is 6.34. The zero-order valence-electron chi connectivity index (χ0n) is 15.2. The SMILES string of the molecule is COC(=O)c1ccc(Cl)c(NC(=O)c2ccnc(N3CCC(C)CC3)n2)c1. The molecule has 0 bridgehead atoms. The molecule has 0 atom stereocenters. The maximum absolute atomic E-state index is 12.6. The summed E-state index contributed by atoms with van der Waals surface area (Å²) in [6, 6.07) is 6.08. The van der Waals surface area contributed by atoms with Gasteiger partial charge < -0.3 is 15.0 Å². The van der Waals surface area contributed by atoms with E-state index >= 15 is 0 Å². The molecule has 7 nitrogen and oxygen atoms in total. The Morgan fingerprint density at radius 1 is 1.26 bits per heavy atom. The van der Waals surface area contributed by atoms with Crippen LogP contribution in [0.25, 0.3) is 0 Å². The number of benzene rings is 1. The Bertz CT molecular complexity index is 851. The Morgan fingerprint density at radius 2 is 2.00 bits per heavy atom. The number of ether oxygens (including phenoxy) is 1. The van der Waals surface area contributed by atoms with Crippen LogP contribution in [0.1, 0.15) is 40.6 Å². The average molecular weight is 389 g/mol. The van der Waals surface area contributed by atoms with Crippen molar-refractivity contribution < 1.29 is 14.3 Å². The third-order valence-electron chi connectivity index (χ3n) is 4.58. The molecule has 1 saturated heterocycles. The number of hydrogen-bond acceptors (Lipinski definition) is 6. The summed E-state index contributed by atoms with van der Waals surface area (Å²) in [6.07, 6.45) is 3.73. The maximum atomic E-state index is 12.6. The van der Waals surface area contributed by atoms with Crippen LogP contribution in [-0.4, -0.2) is 42.0 Å². The Kier molecular flexibility index (Phi) is 5.91. The summed E-state index contributed by atoms with van der Waals surface area (Å²) in [6.45, 7) is 3.98. The van der Waals surface area contributed by atoms with E-state index in [2.05, 4.69) is 27.1 Å². The number of carbonyl (C=O) groups excluding carboxylic acids is 2. The quantitative estimate of drug-likeness (QED) is 0.808. The fraction of sp³-hybridized carbons (Fsp3) is 0.368. The highest BCUT2D eigenvalue weighted by atomic mass is 35.5. The summed E-state index contributed by atoms with van der Waals surface area (Å²) < 4.78 is 4.69. The average Bonchev–Trinajstić information content (AvgIpc) is 2.69. The van der Waals surface area contributed by atoms with Crippen LogP contribution in [0.3, 0.4) is 0 Å². The monoisotopic (exact) mass is 388 g/mol. The topological polar surface area (TPSA) is 84.4 Å². The minimum absolute atomic E-state index is 0.234. The van der Waals surface area contributed by atoms with Crippen LogP contribution in [-0.2, 0) is 4.74 Å². The van der Waals surface area contributed by atoms with E-state index in [4.69, 9.17) is 16.3 Å². The van der Waals surface area contributed by atoms with Crippen LogP contribution < -0.4 is 10.2 Å². The first-order valence-corrected chi connectivity index (χ1v) is 9.13. The van der Waals surface area contributed by atoms with Crippen LogP contribution in [0.2, 0.25) is 5.02 Å². The van der Waals surface area contributed by atoms with Crippen molar-refractivity contribution in [3.63, 3.8) is 0 Å². The Balaban J connectivity index is 1.77. The van der Waals surface area contributed by atoms with Crippen LogP contribution >= 0.6 is 11.6 Å². The van der Waals surface area contributed by atoms with Crippen LogP contribution in [0.4, 0.5) is 11.6 Å². The molecule has 2 aromatic rings. The summed E-state index contributed by atoms with van der Waals surface area (Å²) in [4.78, 5) is 35.0. The molecule has 0 saturated carbocycles. The molecule has 0 unspecified atom stereocenters. The van der Waals surface area contributed by atoms with Gasteiger partial charge in [0.25, 0.3) is 5.91 Å². The number of piperidine rings is 1. The van der Waals surface area contributed by atoms with Crippen LogP contribution in [0.15, 0.2) is 30.5 Å². The first-order valence-electron chi connectivity index (χ1n) is 8.75. The first kappa shape index (κ1) is 19.1. The lowest BCUT2D eigenvalue weighted by Gasteiger charge is -2.30. The summed E-state index contributed by atoms with van der Waals surface area (Å²) in [5.74, 6) is 0.305. The molecule has 1 N–H and O–H groups in total. The molecule has 0 radical (unpaired) electrons. The van der Waals surface area contributed by atoms with E-state index in [1.807, 2.05) is 0 Å². The molecule has 1 aliphatic rings. The van der Waals surface area contributed by atoms with Gasteiger partial charge in [0.1, 0.15) is 5.69 Å². The lowest BCUT2D eigenvalue weighted by Crippen LogP contribution is -2.34. The lowest BCUT2D eigenvalue weighted by atomic mass is 10.00. The second kappa shape index (κ2) is 8.35. The lowest BCUT2D eigenvalue weighted by molar-refractivity contribution is 0.0600. The third-order valence-corrected chi connectivity index (χ3v) is 4.91. The van der Waals surface area contributed by atoms with Gasteiger partial charge in [0, 0.05) is 19.3 Å². The molecule has 0 spiro atoms. The van der Waals surface area contributed by atoms with Gasteiger partial charge in [-0.2, -0.15) is 0 Å². The molecule has 0 aliphatic carbocycles. The van der Waals surface area contributed by atoms with Crippen molar-refractivity contribution in [2.45, 2.75) is 19.8 Å². The predicted octanol–water partition coefficient (Wildman–Crippen LogP) is 3.41. The van der Waals surface area contributed by atoms with Gasteiger partial charge in [0.2, 0.25) is 5.95 Å². The van der Waals surface area contributed by atoms with E-state index < -0.39 is 11.9 Å². The van der Waals surface area contributed by atoms with Crippen molar-refractivity contribution in [3.05, 3.63) is 46.7 Å². The number of hydrogen-bond donors (Lipinski definition) is 1. The maximum Gasteiger partial charge on any atom is 0.337 e. The third kappa shape index (κ3) is 4.54. The van der Waals surface area contributed by atoms with Gasteiger partial charge in [0.15, 0.2) is 0 Å². The van der Waals surface area contributed by atoms with Gasteiger partial charge in [-0.1, -0.05) is 18.5 Å². The molecule has 27 heavy (non-hydrogen) atoms. The van der Waals surface area contributed by atoms with Crippen molar-refractivity contribution in [2.75, 3.05) is 30.4 Å². The van der Waals surface area contributed by atoms with Crippen LogP contribution in [0.5, 0.6) is 0 Å². The molecule has 2 heterocycles. The summed E-state index contributed by atoms with van der Waals surface area (Å²) in [5.41, 5.74) is 0.845. The predicted molar refractivity (Wildman–Crippen MR) is 103 cm³/mol. The van der Waals surface area contributed by atoms with E-state index in [0.29, 0.717) is 28.1 Å². The molecular weight excluding hydrogens is 368 g/mol. The summed E-state index contributed by atoms with van der Waals surface area (Å²) >= 11 is 6.13. The molecular formula is C19H21ClN4O3. The molecule has 142 valence electrons. The number of halogens is 1. The minimum atomic E-state index is -0.509. The van der Waals surface area contributed by atoms with E-state index in [1.54, 1.807) is 12.3 Å². The van der Waals surface area contributed by atoms with Gasteiger partial charge in [-0.05, 0) is 43.0 Å². The minimum Gasteiger partial charge on any atom is -0.465 e.